The second-order valence-corrected chi connectivity index (χ2v) is 8.49. The number of amides is 1. The van der Waals surface area contributed by atoms with Crippen molar-refractivity contribution >= 4 is 27.5 Å². The number of hydrogen-bond acceptors (Lipinski definition) is 1. The highest BCUT2D eigenvalue weighted by Gasteiger charge is 2.54. The number of rotatable bonds is 2. The third kappa shape index (κ3) is 2.34. The van der Waals surface area contributed by atoms with Gasteiger partial charge in [0.05, 0.1) is 11.1 Å². The van der Waals surface area contributed by atoms with Crippen molar-refractivity contribution < 1.29 is 4.79 Å². The van der Waals surface area contributed by atoms with Crippen LogP contribution >= 0.6 is 15.9 Å². The summed E-state index contributed by atoms with van der Waals surface area (Å²) in [6.07, 6.45) is 7.49. The molecule has 5 rings (SSSR count). The van der Waals surface area contributed by atoms with Gasteiger partial charge in [-0.3, -0.25) is 4.79 Å². The van der Waals surface area contributed by atoms with E-state index in [2.05, 4.69) is 40.3 Å². The molecule has 0 atom stereocenters. The number of halogens is 1. The van der Waals surface area contributed by atoms with Crippen molar-refractivity contribution in [2.24, 2.45) is 23.2 Å². The summed E-state index contributed by atoms with van der Waals surface area (Å²) in [7, 11) is 0. The molecule has 3 heteroatoms. The van der Waals surface area contributed by atoms with Gasteiger partial charge in [0.15, 0.2) is 0 Å². The van der Waals surface area contributed by atoms with Crippen LogP contribution in [0.1, 0.15) is 44.1 Å². The molecule has 4 bridgehead atoms. The molecule has 0 spiro atoms. The van der Waals surface area contributed by atoms with Gasteiger partial charge in [-0.05, 0) is 96.8 Å². The lowest BCUT2D eigenvalue weighted by atomic mass is 9.49. The number of hydrogen-bond donors (Lipinski definition) is 1. The Morgan fingerprint density at radius 3 is 2.24 bits per heavy atom. The molecule has 4 aliphatic carbocycles. The Labute approximate surface area is 134 Å². The minimum Gasteiger partial charge on any atom is -0.325 e. The Bertz CT molecular complexity index is 560. The monoisotopic (exact) mass is 347 g/mol. The standard InChI is InChI=1S/C18H22BrNO/c1-11-2-3-16(15(19)4-11)20-17(21)18-8-12-5-13(9-18)7-14(6-12)10-18/h2-4,12-14H,5-10H2,1H3,(H,20,21). The maximum absolute atomic E-state index is 13.0. The van der Waals surface area contributed by atoms with E-state index in [1.165, 1.54) is 24.8 Å². The summed E-state index contributed by atoms with van der Waals surface area (Å²) in [5.41, 5.74) is 2.05. The van der Waals surface area contributed by atoms with E-state index < -0.39 is 0 Å². The summed E-state index contributed by atoms with van der Waals surface area (Å²) in [5, 5.41) is 3.21. The predicted molar refractivity (Wildman–Crippen MR) is 88.1 cm³/mol. The number of anilines is 1. The van der Waals surface area contributed by atoms with Gasteiger partial charge in [0.2, 0.25) is 5.91 Å². The van der Waals surface area contributed by atoms with Gasteiger partial charge in [0, 0.05) is 4.47 Å². The molecule has 0 aromatic heterocycles. The quantitative estimate of drug-likeness (QED) is 0.808. The molecule has 0 radical (unpaired) electrons. The van der Waals surface area contributed by atoms with Crippen molar-refractivity contribution in [1.29, 1.82) is 0 Å². The summed E-state index contributed by atoms with van der Waals surface area (Å²) >= 11 is 3.57. The van der Waals surface area contributed by atoms with Crippen LogP contribution in [0.25, 0.3) is 0 Å². The highest BCUT2D eigenvalue weighted by atomic mass is 79.9. The third-order valence-corrected chi connectivity index (χ3v) is 6.55. The summed E-state index contributed by atoms with van der Waals surface area (Å²) < 4.78 is 0.987. The fourth-order valence-electron chi connectivity index (χ4n) is 5.37. The molecule has 2 nitrogen and oxygen atoms in total. The number of aryl methyl sites for hydroxylation is 1. The van der Waals surface area contributed by atoms with Gasteiger partial charge in [0.1, 0.15) is 0 Å². The van der Waals surface area contributed by atoms with E-state index in [9.17, 15) is 4.79 Å². The highest BCUT2D eigenvalue weighted by molar-refractivity contribution is 9.10. The normalized spacial score (nSPS) is 36.8. The van der Waals surface area contributed by atoms with Crippen LogP contribution in [0.4, 0.5) is 5.69 Å². The summed E-state index contributed by atoms with van der Waals surface area (Å²) in [5.74, 6) is 2.70. The Morgan fingerprint density at radius 2 is 1.71 bits per heavy atom. The summed E-state index contributed by atoms with van der Waals surface area (Å²) in [6, 6.07) is 6.13. The maximum atomic E-state index is 13.0. The molecule has 4 saturated carbocycles. The molecule has 0 unspecified atom stereocenters. The lowest BCUT2D eigenvalue weighted by Crippen LogP contribution is -2.51. The first kappa shape index (κ1) is 13.8. The van der Waals surface area contributed by atoms with E-state index in [-0.39, 0.29) is 11.3 Å². The molecular weight excluding hydrogens is 326 g/mol. The van der Waals surface area contributed by atoms with E-state index in [0.29, 0.717) is 0 Å². The molecule has 0 saturated heterocycles. The lowest BCUT2D eigenvalue weighted by Gasteiger charge is -2.55. The second-order valence-electron chi connectivity index (χ2n) is 7.64. The molecule has 1 aromatic rings. The van der Waals surface area contributed by atoms with Gasteiger partial charge < -0.3 is 5.32 Å². The average Bonchev–Trinajstić information content (AvgIpc) is 2.40. The van der Waals surface area contributed by atoms with Crippen molar-refractivity contribution in [3.63, 3.8) is 0 Å². The van der Waals surface area contributed by atoms with Gasteiger partial charge >= 0.3 is 0 Å². The minimum absolute atomic E-state index is 0.0704. The summed E-state index contributed by atoms with van der Waals surface area (Å²) in [6.45, 7) is 2.06. The number of nitrogens with one attached hydrogen (secondary N) is 1. The number of benzene rings is 1. The van der Waals surface area contributed by atoms with Gasteiger partial charge in [-0.2, -0.15) is 0 Å². The van der Waals surface area contributed by atoms with E-state index in [4.69, 9.17) is 0 Å². The first-order valence-electron chi connectivity index (χ1n) is 8.12. The fourth-order valence-corrected chi connectivity index (χ4v) is 5.96. The van der Waals surface area contributed by atoms with Crippen LogP contribution in [0.3, 0.4) is 0 Å². The topological polar surface area (TPSA) is 29.1 Å². The van der Waals surface area contributed by atoms with Gasteiger partial charge in [-0.1, -0.05) is 6.07 Å². The maximum Gasteiger partial charge on any atom is 0.230 e. The Kier molecular flexibility index (Phi) is 3.18. The Morgan fingerprint density at radius 1 is 1.14 bits per heavy atom. The van der Waals surface area contributed by atoms with Gasteiger partial charge in [-0.15, -0.1) is 0 Å². The van der Waals surface area contributed by atoms with E-state index >= 15 is 0 Å². The summed E-state index contributed by atoms with van der Waals surface area (Å²) in [4.78, 5) is 13.0. The molecule has 0 aliphatic heterocycles. The molecule has 112 valence electrons. The molecule has 4 aliphatic rings. The second kappa shape index (κ2) is 4.84. The zero-order valence-electron chi connectivity index (χ0n) is 12.5. The van der Waals surface area contributed by atoms with Crippen LogP contribution in [0, 0.1) is 30.1 Å². The van der Waals surface area contributed by atoms with Crippen molar-refractivity contribution in [1.82, 2.24) is 0 Å². The number of carbonyl (C=O) groups is 1. The smallest absolute Gasteiger partial charge is 0.230 e. The van der Waals surface area contributed by atoms with Crippen LogP contribution in [-0.4, -0.2) is 5.91 Å². The molecule has 0 heterocycles. The van der Waals surface area contributed by atoms with Crippen LogP contribution in [0.15, 0.2) is 22.7 Å². The third-order valence-electron chi connectivity index (χ3n) is 5.89. The van der Waals surface area contributed by atoms with Crippen molar-refractivity contribution in [2.45, 2.75) is 45.4 Å². The molecule has 1 aromatic carbocycles. The molecule has 1 amide bonds. The molecular formula is C18H22BrNO. The first-order valence-corrected chi connectivity index (χ1v) is 8.91. The van der Waals surface area contributed by atoms with E-state index in [1.54, 1.807) is 0 Å². The largest absolute Gasteiger partial charge is 0.325 e. The minimum atomic E-state index is -0.0704. The Balaban J connectivity index is 1.57. The van der Waals surface area contributed by atoms with Crippen LogP contribution in [0.2, 0.25) is 0 Å². The van der Waals surface area contributed by atoms with Crippen LogP contribution in [-0.2, 0) is 4.79 Å². The van der Waals surface area contributed by atoms with Gasteiger partial charge in [-0.25, -0.2) is 0 Å². The molecule has 1 N–H and O–H groups in total. The van der Waals surface area contributed by atoms with E-state index in [1.807, 2.05) is 6.07 Å². The van der Waals surface area contributed by atoms with Crippen molar-refractivity contribution in [3.8, 4) is 0 Å². The molecule has 4 fully saturated rings. The molecule has 21 heavy (non-hydrogen) atoms. The Hall–Kier alpha value is -0.830. The van der Waals surface area contributed by atoms with Crippen LogP contribution < -0.4 is 5.32 Å². The zero-order chi connectivity index (χ0) is 14.6. The zero-order valence-corrected chi connectivity index (χ0v) is 14.1. The average molecular weight is 348 g/mol. The lowest BCUT2D eigenvalue weighted by molar-refractivity contribution is -0.140. The van der Waals surface area contributed by atoms with Crippen molar-refractivity contribution in [3.05, 3.63) is 28.2 Å². The first-order chi connectivity index (χ1) is 10.0. The fraction of sp³-hybridized carbons (Fsp3) is 0.611. The highest BCUT2D eigenvalue weighted by Crippen LogP contribution is 2.60. The van der Waals surface area contributed by atoms with Crippen molar-refractivity contribution in [2.75, 3.05) is 5.32 Å². The SMILES string of the molecule is Cc1ccc(NC(=O)C23CC4CC(CC(C4)C2)C3)c(Br)c1. The van der Waals surface area contributed by atoms with Gasteiger partial charge in [0.25, 0.3) is 0 Å². The van der Waals surface area contributed by atoms with Crippen LogP contribution in [0.5, 0.6) is 0 Å². The van der Waals surface area contributed by atoms with E-state index in [0.717, 1.165) is 47.2 Å². The predicted octanol–water partition coefficient (Wildman–Crippen LogP) is 4.91. The number of carbonyl (C=O) groups excluding carboxylic acids is 1.